The Morgan fingerprint density at radius 1 is 1.45 bits per heavy atom. The van der Waals surface area contributed by atoms with Crippen LogP contribution < -0.4 is 5.73 Å². The largest absolute Gasteiger partial charge is 0.398 e. The lowest BCUT2D eigenvalue weighted by molar-refractivity contribution is 1.31. The van der Waals surface area contributed by atoms with E-state index in [0.29, 0.717) is 5.70 Å². The molecule has 58 valence electrons. The van der Waals surface area contributed by atoms with E-state index in [-0.39, 0.29) is 0 Å². The van der Waals surface area contributed by atoms with E-state index in [2.05, 4.69) is 11.6 Å². The molecule has 11 heavy (non-hydrogen) atoms. The molecule has 0 bridgehead atoms. The summed E-state index contributed by atoms with van der Waals surface area (Å²) >= 11 is 0. The highest BCUT2D eigenvalue weighted by atomic mass is 14.7. The molecule has 1 rings (SSSR count). The van der Waals surface area contributed by atoms with E-state index in [4.69, 9.17) is 5.73 Å². The van der Waals surface area contributed by atoms with Crippen LogP contribution in [0.2, 0.25) is 0 Å². The minimum Gasteiger partial charge on any atom is -0.398 e. The van der Waals surface area contributed by atoms with Crippen molar-refractivity contribution in [3.63, 3.8) is 0 Å². The molecule has 2 N–H and O–H groups in total. The van der Waals surface area contributed by atoms with Gasteiger partial charge < -0.3 is 5.73 Å². The van der Waals surface area contributed by atoms with Crippen LogP contribution in [0.1, 0.15) is 6.92 Å². The highest BCUT2D eigenvalue weighted by Gasteiger charge is 2.11. The molecule has 0 aromatic heterocycles. The number of allylic oxidation sites excluding steroid dienone is 4. The first-order valence-electron chi connectivity index (χ1n) is 3.47. The zero-order chi connectivity index (χ0) is 8.43. The highest BCUT2D eigenvalue weighted by Crippen LogP contribution is 2.16. The molecule has 2 heteroatoms. The molecule has 0 heterocycles. The lowest BCUT2D eigenvalue weighted by atomic mass is 9.97. The summed E-state index contributed by atoms with van der Waals surface area (Å²) in [6, 6.07) is 0. The van der Waals surface area contributed by atoms with Gasteiger partial charge in [0.1, 0.15) is 0 Å². The second-order valence-electron chi connectivity index (χ2n) is 2.52. The number of nitrogens with zero attached hydrogens (tertiary/aromatic N) is 1. The van der Waals surface area contributed by atoms with E-state index in [1.165, 1.54) is 0 Å². The maximum Gasteiger partial charge on any atom is 0.0687 e. The minimum atomic E-state index is 0.705. The molecule has 0 saturated heterocycles. The minimum absolute atomic E-state index is 0.705. The standard InChI is InChI=1S/C9H12N2/c1-6-4-5-8(10)7(2)9(6)11-3/h4-5H,2,10H2,1,3H3/b11-9-. The van der Waals surface area contributed by atoms with Crippen molar-refractivity contribution in [3.05, 3.63) is 35.6 Å². The second-order valence-corrected chi connectivity index (χ2v) is 2.52. The van der Waals surface area contributed by atoms with E-state index in [1.54, 1.807) is 7.05 Å². The van der Waals surface area contributed by atoms with Gasteiger partial charge in [0.05, 0.1) is 5.71 Å². The Balaban J connectivity index is 3.13. The Kier molecular flexibility index (Phi) is 1.94. The molecule has 0 fully saturated rings. The van der Waals surface area contributed by atoms with Crippen LogP contribution in [0.4, 0.5) is 0 Å². The highest BCUT2D eigenvalue weighted by molar-refractivity contribution is 6.15. The van der Waals surface area contributed by atoms with Gasteiger partial charge in [-0.3, -0.25) is 4.99 Å². The summed E-state index contributed by atoms with van der Waals surface area (Å²) < 4.78 is 0. The number of hydrogen-bond acceptors (Lipinski definition) is 2. The summed E-state index contributed by atoms with van der Waals surface area (Å²) in [6.45, 7) is 5.83. The summed E-state index contributed by atoms with van der Waals surface area (Å²) in [4.78, 5) is 4.09. The third kappa shape index (κ3) is 1.24. The molecule has 0 radical (unpaired) electrons. The topological polar surface area (TPSA) is 38.4 Å². The molecular weight excluding hydrogens is 136 g/mol. The molecule has 1 aliphatic carbocycles. The Labute approximate surface area is 66.8 Å². The smallest absolute Gasteiger partial charge is 0.0687 e. The molecule has 2 nitrogen and oxygen atoms in total. The Bertz CT molecular complexity index is 276. The zero-order valence-corrected chi connectivity index (χ0v) is 6.89. The van der Waals surface area contributed by atoms with Gasteiger partial charge >= 0.3 is 0 Å². The fraction of sp³-hybridized carbons (Fsp3) is 0.222. The van der Waals surface area contributed by atoms with Gasteiger partial charge in [-0.2, -0.15) is 0 Å². The molecule has 0 aromatic rings. The van der Waals surface area contributed by atoms with Gasteiger partial charge in [0.2, 0.25) is 0 Å². The van der Waals surface area contributed by atoms with Crippen LogP contribution in [0, 0.1) is 0 Å². The number of nitrogens with two attached hydrogens (primary N) is 1. The first-order chi connectivity index (χ1) is 5.16. The Morgan fingerprint density at radius 3 is 2.55 bits per heavy atom. The fourth-order valence-electron chi connectivity index (χ4n) is 1.08. The maximum absolute atomic E-state index is 5.64. The van der Waals surface area contributed by atoms with Crippen LogP contribution in [0.5, 0.6) is 0 Å². The normalized spacial score (nSPS) is 21.6. The molecule has 0 amide bonds. The molecule has 0 unspecified atom stereocenters. The number of aliphatic imine (C=N–C) groups is 1. The average Bonchev–Trinajstić information content (AvgIpc) is 1.99. The summed E-state index contributed by atoms with van der Waals surface area (Å²) in [7, 11) is 1.75. The van der Waals surface area contributed by atoms with Crippen LogP contribution in [0.3, 0.4) is 0 Å². The van der Waals surface area contributed by atoms with Crippen molar-refractivity contribution < 1.29 is 0 Å². The third-order valence-electron chi connectivity index (χ3n) is 1.74. The van der Waals surface area contributed by atoms with Crippen molar-refractivity contribution >= 4 is 5.71 Å². The summed E-state index contributed by atoms with van der Waals surface area (Å²) in [5, 5.41) is 0. The van der Waals surface area contributed by atoms with Gasteiger partial charge in [-0.25, -0.2) is 0 Å². The van der Waals surface area contributed by atoms with Crippen LogP contribution >= 0.6 is 0 Å². The van der Waals surface area contributed by atoms with Crippen molar-refractivity contribution in [2.45, 2.75) is 6.92 Å². The summed E-state index contributed by atoms with van der Waals surface area (Å²) in [5.74, 6) is 0. The predicted octanol–water partition coefficient (Wildman–Crippen LogP) is 1.42. The monoisotopic (exact) mass is 148 g/mol. The van der Waals surface area contributed by atoms with Gasteiger partial charge in [0.15, 0.2) is 0 Å². The van der Waals surface area contributed by atoms with E-state index in [0.717, 1.165) is 16.9 Å². The number of rotatable bonds is 0. The van der Waals surface area contributed by atoms with Crippen LogP contribution in [0.15, 0.2) is 40.6 Å². The van der Waals surface area contributed by atoms with Gasteiger partial charge in [-0.1, -0.05) is 12.7 Å². The van der Waals surface area contributed by atoms with Gasteiger partial charge in [0.25, 0.3) is 0 Å². The quantitative estimate of drug-likeness (QED) is 0.554. The predicted molar refractivity (Wildman–Crippen MR) is 48.5 cm³/mol. The van der Waals surface area contributed by atoms with Crippen molar-refractivity contribution in [1.82, 2.24) is 0 Å². The van der Waals surface area contributed by atoms with Crippen LogP contribution in [-0.2, 0) is 0 Å². The van der Waals surface area contributed by atoms with E-state index >= 15 is 0 Å². The van der Waals surface area contributed by atoms with E-state index < -0.39 is 0 Å². The van der Waals surface area contributed by atoms with Gasteiger partial charge in [-0.15, -0.1) is 0 Å². The van der Waals surface area contributed by atoms with Crippen LogP contribution in [0.25, 0.3) is 0 Å². The molecule has 0 atom stereocenters. The molecule has 0 saturated carbocycles. The van der Waals surface area contributed by atoms with Crippen LogP contribution in [-0.4, -0.2) is 12.8 Å². The average molecular weight is 148 g/mol. The Hall–Kier alpha value is -1.31. The van der Waals surface area contributed by atoms with Crippen molar-refractivity contribution in [3.8, 4) is 0 Å². The first kappa shape index (κ1) is 7.79. The zero-order valence-electron chi connectivity index (χ0n) is 6.89. The van der Waals surface area contributed by atoms with E-state index in [1.807, 2.05) is 19.1 Å². The van der Waals surface area contributed by atoms with Crippen molar-refractivity contribution in [2.75, 3.05) is 7.05 Å². The lowest BCUT2D eigenvalue weighted by Gasteiger charge is -2.13. The summed E-state index contributed by atoms with van der Waals surface area (Å²) in [6.07, 6.45) is 3.80. The van der Waals surface area contributed by atoms with E-state index in [9.17, 15) is 0 Å². The fourth-order valence-corrected chi connectivity index (χ4v) is 1.08. The molecule has 1 aliphatic rings. The van der Waals surface area contributed by atoms with Gasteiger partial charge in [0, 0.05) is 18.3 Å². The van der Waals surface area contributed by atoms with Crippen molar-refractivity contribution in [2.24, 2.45) is 10.7 Å². The second kappa shape index (κ2) is 2.74. The molecule has 0 spiro atoms. The molecule has 0 aromatic carbocycles. The Morgan fingerprint density at radius 2 is 2.09 bits per heavy atom. The molecule has 0 aliphatic heterocycles. The lowest BCUT2D eigenvalue weighted by Crippen LogP contribution is -2.14. The first-order valence-corrected chi connectivity index (χ1v) is 3.47. The molecular formula is C9H12N2. The SMILES string of the molecule is C=C1C(N)=CC=C(C)/C1=N/C. The van der Waals surface area contributed by atoms with Gasteiger partial charge in [-0.05, 0) is 18.6 Å². The summed E-state index contributed by atoms with van der Waals surface area (Å²) in [5.41, 5.74) is 9.20. The third-order valence-corrected chi connectivity index (χ3v) is 1.74. The maximum atomic E-state index is 5.64. The number of hydrogen-bond donors (Lipinski definition) is 1. The van der Waals surface area contributed by atoms with Crippen molar-refractivity contribution in [1.29, 1.82) is 0 Å².